The number of hydrogen-bond donors (Lipinski definition) is 1. The van der Waals surface area contributed by atoms with Gasteiger partial charge in [0.2, 0.25) is 0 Å². The lowest BCUT2D eigenvalue weighted by atomic mass is 10.0. The number of hydrogen-bond acceptors (Lipinski definition) is 4. The molecule has 0 spiro atoms. The molecule has 1 aliphatic rings. The van der Waals surface area contributed by atoms with Gasteiger partial charge in [-0.2, -0.15) is 0 Å². The van der Waals surface area contributed by atoms with Crippen molar-refractivity contribution in [2.24, 2.45) is 0 Å². The van der Waals surface area contributed by atoms with Gasteiger partial charge in [0.15, 0.2) is 0 Å². The van der Waals surface area contributed by atoms with E-state index in [9.17, 15) is 4.79 Å². The molecule has 1 amide bonds. The molecule has 1 saturated heterocycles. The first-order chi connectivity index (χ1) is 13.1. The molecule has 0 aliphatic carbocycles. The van der Waals surface area contributed by atoms with Gasteiger partial charge in [0.05, 0.1) is 29.8 Å². The second kappa shape index (κ2) is 9.60. The minimum atomic E-state index is -0.138. The van der Waals surface area contributed by atoms with E-state index in [2.05, 4.69) is 41.4 Å². The molecule has 1 fully saturated rings. The van der Waals surface area contributed by atoms with Crippen molar-refractivity contribution >= 4 is 29.3 Å². The van der Waals surface area contributed by atoms with Crippen molar-refractivity contribution in [3.63, 3.8) is 0 Å². The molecule has 0 bridgehead atoms. The first-order valence-corrected chi connectivity index (χ1v) is 10.7. The van der Waals surface area contributed by atoms with Gasteiger partial charge >= 0.3 is 0 Å². The van der Waals surface area contributed by atoms with Crippen LogP contribution in [0.2, 0.25) is 5.02 Å². The fourth-order valence-electron chi connectivity index (χ4n) is 3.23. The van der Waals surface area contributed by atoms with Gasteiger partial charge in [-0.15, -0.1) is 11.8 Å². The molecular weight excluding hydrogens is 380 g/mol. The predicted octanol–water partition coefficient (Wildman–Crippen LogP) is 4.17. The Labute approximate surface area is 170 Å². The molecule has 3 rings (SSSR count). The van der Waals surface area contributed by atoms with Crippen LogP contribution in [0.4, 0.5) is 0 Å². The van der Waals surface area contributed by atoms with Crippen LogP contribution < -0.4 is 5.32 Å². The van der Waals surface area contributed by atoms with Gasteiger partial charge in [-0.25, -0.2) is 0 Å². The largest absolute Gasteiger partial charge is 0.379 e. The average Bonchev–Trinajstić information content (AvgIpc) is 2.70. The molecule has 2 aromatic carbocycles. The summed E-state index contributed by atoms with van der Waals surface area (Å²) in [5, 5.41) is 3.56. The van der Waals surface area contributed by atoms with Crippen molar-refractivity contribution in [2.75, 3.05) is 39.1 Å². The summed E-state index contributed by atoms with van der Waals surface area (Å²) in [5.41, 5.74) is 2.95. The van der Waals surface area contributed by atoms with E-state index in [1.165, 1.54) is 11.1 Å². The van der Waals surface area contributed by atoms with Crippen LogP contribution in [-0.2, 0) is 4.74 Å². The highest BCUT2D eigenvalue weighted by Crippen LogP contribution is 2.24. The molecule has 144 valence electrons. The number of amides is 1. The predicted molar refractivity (Wildman–Crippen MR) is 112 cm³/mol. The molecule has 0 saturated carbocycles. The lowest BCUT2D eigenvalue weighted by Gasteiger charge is -2.35. The summed E-state index contributed by atoms with van der Waals surface area (Å²) in [6, 6.07) is 14.2. The van der Waals surface area contributed by atoms with Crippen molar-refractivity contribution in [2.45, 2.75) is 17.9 Å². The molecule has 2 aromatic rings. The number of morpholine rings is 1. The summed E-state index contributed by atoms with van der Waals surface area (Å²) < 4.78 is 5.49. The van der Waals surface area contributed by atoms with Gasteiger partial charge in [-0.1, -0.05) is 41.4 Å². The minimum Gasteiger partial charge on any atom is -0.379 e. The summed E-state index contributed by atoms with van der Waals surface area (Å²) in [4.78, 5) is 16.1. The van der Waals surface area contributed by atoms with Crippen LogP contribution in [0.1, 0.15) is 27.5 Å². The van der Waals surface area contributed by atoms with Gasteiger partial charge in [0.25, 0.3) is 5.91 Å². The summed E-state index contributed by atoms with van der Waals surface area (Å²) in [6.45, 7) is 5.77. The summed E-state index contributed by atoms with van der Waals surface area (Å²) in [5.74, 6) is -0.138. The Bertz CT molecular complexity index is 776. The van der Waals surface area contributed by atoms with Crippen LogP contribution in [0.25, 0.3) is 0 Å². The molecular formula is C21H25ClN2O2S. The number of carbonyl (C=O) groups excluding carboxylic acids is 1. The number of aryl methyl sites for hydroxylation is 1. The van der Waals surface area contributed by atoms with Crippen LogP contribution >= 0.6 is 23.4 Å². The molecule has 1 atom stereocenters. The lowest BCUT2D eigenvalue weighted by molar-refractivity contribution is 0.0162. The molecule has 0 radical (unpaired) electrons. The van der Waals surface area contributed by atoms with Gasteiger partial charge in [0, 0.05) is 24.5 Å². The van der Waals surface area contributed by atoms with E-state index in [1.807, 2.05) is 18.4 Å². The Hall–Kier alpha value is -1.53. The first-order valence-electron chi connectivity index (χ1n) is 9.08. The van der Waals surface area contributed by atoms with E-state index in [0.717, 1.165) is 31.2 Å². The van der Waals surface area contributed by atoms with E-state index < -0.39 is 0 Å². The van der Waals surface area contributed by atoms with Crippen molar-refractivity contribution in [1.82, 2.24) is 10.2 Å². The lowest BCUT2D eigenvalue weighted by Crippen LogP contribution is -2.43. The minimum absolute atomic E-state index is 0.112. The van der Waals surface area contributed by atoms with Gasteiger partial charge < -0.3 is 10.1 Å². The topological polar surface area (TPSA) is 41.6 Å². The second-order valence-corrected chi connectivity index (χ2v) is 7.92. The van der Waals surface area contributed by atoms with Crippen molar-refractivity contribution in [1.29, 1.82) is 0 Å². The Morgan fingerprint density at radius 3 is 2.59 bits per heavy atom. The number of thioether (sulfide) groups is 1. The Morgan fingerprint density at radius 2 is 1.93 bits per heavy atom. The number of ether oxygens (including phenoxy) is 1. The fraction of sp³-hybridized carbons (Fsp3) is 0.381. The smallest absolute Gasteiger partial charge is 0.252 e. The number of nitrogens with one attached hydrogen (secondary N) is 1. The fourth-order valence-corrected chi connectivity index (χ4v) is 3.87. The molecule has 6 heteroatoms. The van der Waals surface area contributed by atoms with Crippen molar-refractivity contribution < 1.29 is 9.53 Å². The van der Waals surface area contributed by atoms with Crippen LogP contribution in [0, 0.1) is 6.92 Å². The number of nitrogens with zero attached hydrogens (tertiary/aromatic N) is 1. The van der Waals surface area contributed by atoms with E-state index >= 15 is 0 Å². The average molecular weight is 405 g/mol. The van der Waals surface area contributed by atoms with Gasteiger partial charge in [-0.3, -0.25) is 9.69 Å². The molecule has 1 N–H and O–H groups in total. The first kappa shape index (κ1) is 20.2. The van der Waals surface area contributed by atoms with E-state index in [1.54, 1.807) is 17.8 Å². The molecule has 0 aromatic heterocycles. The zero-order chi connectivity index (χ0) is 19.2. The third-order valence-corrected chi connectivity index (χ3v) is 5.88. The van der Waals surface area contributed by atoms with Crippen LogP contribution in [0.3, 0.4) is 0 Å². The highest BCUT2D eigenvalue weighted by atomic mass is 35.5. The molecule has 27 heavy (non-hydrogen) atoms. The summed E-state index contributed by atoms with van der Waals surface area (Å²) in [7, 11) is 0. The molecule has 1 aliphatic heterocycles. The third-order valence-electron chi connectivity index (χ3n) is 4.82. The number of halogens is 1. The van der Waals surface area contributed by atoms with Crippen LogP contribution in [-0.4, -0.2) is 49.9 Å². The third kappa shape index (κ3) is 5.26. The SMILES string of the molecule is CSc1ccc(Cl)c(C(=O)NCC(c2ccc(C)cc2)N2CCOCC2)c1. The normalized spacial score (nSPS) is 16.1. The zero-order valence-electron chi connectivity index (χ0n) is 15.7. The molecule has 1 unspecified atom stereocenters. The van der Waals surface area contributed by atoms with E-state index in [4.69, 9.17) is 16.3 Å². The maximum atomic E-state index is 12.8. The Balaban J connectivity index is 1.76. The highest BCUT2D eigenvalue weighted by Gasteiger charge is 2.23. The molecule has 4 nitrogen and oxygen atoms in total. The maximum absolute atomic E-state index is 12.8. The standard InChI is InChI=1S/C21H25ClN2O2S/c1-15-3-5-16(6-4-15)20(24-9-11-26-12-10-24)14-23-21(25)18-13-17(27-2)7-8-19(18)22/h3-8,13,20H,9-12,14H2,1-2H3,(H,23,25). The maximum Gasteiger partial charge on any atom is 0.252 e. The van der Waals surface area contributed by atoms with Gasteiger partial charge in [-0.05, 0) is 36.9 Å². The number of carbonyl (C=O) groups is 1. The monoisotopic (exact) mass is 404 g/mol. The van der Waals surface area contributed by atoms with Crippen LogP contribution in [0.5, 0.6) is 0 Å². The zero-order valence-corrected chi connectivity index (χ0v) is 17.3. The van der Waals surface area contributed by atoms with E-state index in [-0.39, 0.29) is 11.9 Å². The second-order valence-electron chi connectivity index (χ2n) is 6.63. The number of rotatable bonds is 6. The van der Waals surface area contributed by atoms with E-state index in [0.29, 0.717) is 17.1 Å². The van der Waals surface area contributed by atoms with Crippen LogP contribution in [0.15, 0.2) is 47.4 Å². The van der Waals surface area contributed by atoms with Crippen molar-refractivity contribution in [3.05, 3.63) is 64.2 Å². The number of benzene rings is 2. The molecule has 1 heterocycles. The Kier molecular flexibility index (Phi) is 7.19. The Morgan fingerprint density at radius 1 is 1.22 bits per heavy atom. The summed E-state index contributed by atoms with van der Waals surface area (Å²) >= 11 is 7.84. The van der Waals surface area contributed by atoms with Crippen molar-refractivity contribution in [3.8, 4) is 0 Å². The van der Waals surface area contributed by atoms with Gasteiger partial charge in [0.1, 0.15) is 0 Å². The highest BCUT2D eigenvalue weighted by molar-refractivity contribution is 7.98. The summed E-state index contributed by atoms with van der Waals surface area (Å²) in [6.07, 6.45) is 1.98. The quantitative estimate of drug-likeness (QED) is 0.733.